The van der Waals surface area contributed by atoms with Crippen LogP contribution < -0.4 is 0 Å². The van der Waals surface area contributed by atoms with Crippen LogP contribution in [0.5, 0.6) is 0 Å². The Kier molecular flexibility index (Phi) is 4.15. The van der Waals surface area contributed by atoms with Gasteiger partial charge in [0.1, 0.15) is 6.04 Å². The van der Waals surface area contributed by atoms with Crippen molar-refractivity contribution in [3.05, 3.63) is 39.8 Å². The van der Waals surface area contributed by atoms with E-state index < -0.39 is 23.2 Å². The fourth-order valence-electron chi connectivity index (χ4n) is 1.63. The van der Waals surface area contributed by atoms with Gasteiger partial charge in [0.25, 0.3) is 11.1 Å². The van der Waals surface area contributed by atoms with Gasteiger partial charge in [0.05, 0.1) is 4.91 Å². The Labute approximate surface area is 124 Å². The third-order valence-electron chi connectivity index (χ3n) is 2.74. The number of aliphatic carboxylic acids is 1. The second kappa shape index (κ2) is 5.68. The van der Waals surface area contributed by atoms with Crippen molar-refractivity contribution in [3.63, 3.8) is 0 Å². The summed E-state index contributed by atoms with van der Waals surface area (Å²) in [7, 11) is 0. The van der Waals surface area contributed by atoms with E-state index in [1.54, 1.807) is 24.3 Å². The first kappa shape index (κ1) is 14.6. The largest absolute Gasteiger partial charge is 0.480 e. The molecule has 2 rings (SSSR count). The van der Waals surface area contributed by atoms with E-state index in [1.165, 1.54) is 13.0 Å². The Morgan fingerprint density at radius 1 is 1.35 bits per heavy atom. The number of rotatable bonds is 3. The molecule has 0 aliphatic carbocycles. The number of carbonyl (C=O) groups excluding carboxylic acids is 2. The Morgan fingerprint density at radius 2 is 1.95 bits per heavy atom. The van der Waals surface area contributed by atoms with E-state index in [9.17, 15) is 14.4 Å². The van der Waals surface area contributed by atoms with Crippen LogP contribution in [0.15, 0.2) is 29.2 Å². The highest BCUT2D eigenvalue weighted by molar-refractivity contribution is 8.18. The van der Waals surface area contributed by atoms with E-state index in [0.29, 0.717) is 10.6 Å². The third kappa shape index (κ3) is 2.86. The van der Waals surface area contributed by atoms with Crippen molar-refractivity contribution < 1.29 is 19.5 Å². The summed E-state index contributed by atoms with van der Waals surface area (Å²) in [5, 5.41) is 8.88. The topological polar surface area (TPSA) is 74.7 Å². The van der Waals surface area contributed by atoms with Crippen LogP contribution >= 0.6 is 23.4 Å². The lowest BCUT2D eigenvalue weighted by Gasteiger charge is -2.16. The smallest absolute Gasteiger partial charge is 0.326 e. The SMILES string of the molecule is C[C@H](C(=O)O)N1C(=O)S/C(=C/c2ccc(Cl)cc2)C1=O. The van der Waals surface area contributed by atoms with E-state index >= 15 is 0 Å². The maximum absolute atomic E-state index is 12.1. The maximum Gasteiger partial charge on any atom is 0.326 e. The monoisotopic (exact) mass is 311 g/mol. The molecule has 1 aromatic rings. The molecule has 0 radical (unpaired) electrons. The molecule has 2 amide bonds. The lowest BCUT2D eigenvalue weighted by atomic mass is 10.2. The molecule has 0 spiro atoms. The number of hydrogen-bond donors (Lipinski definition) is 1. The molecule has 0 aromatic heterocycles. The highest BCUT2D eigenvalue weighted by Crippen LogP contribution is 2.33. The van der Waals surface area contributed by atoms with Crippen LogP contribution in [0, 0.1) is 0 Å². The van der Waals surface area contributed by atoms with E-state index in [0.717, 1.165) is 16.7 Å². The van der Waals surface area contributed by atoms with Crippen molar-refractivity contribution in [3.8, 4) is 0 Å². The highest BCUT2D eigenvalue weighted by Gasteiger charge is 2.40. The lowest BCUT2D eigenvalue weighted by molar-refractivity contribution is -0.145. The van der Waals surface area contributed by atoms with Crippen LogP contribution in [0.2, 0.25) is 5.02 Å². The van der Waals surface area contributed by atoms with Gasteiger partial charge in [-0.3, -0.25) is 14.5 Å². The van der Waals surface area contributed by atoms with Crippen LogP contribution in [0.25, 0.3) is 6.08 Å². The molecule has 1 saturated heterocycles. The van der Waals surface area contributed by atoms with Crippen molar-refractivity contribution in [2.75, 3.05) is 0 Å². The maximum atomic E-state index is 12.1. The summed E-state index contributed by atoms with van der Waals surface area (Å²) in [5.74, 6) is -1.81. The minimum Gasteiger partial charge on any atom is -0.480 e. The average Bonchev–Trinajstić information content (AvgIpc) is 2.66. The second-order valence-corrected chi connectivity index (χ2v) is 5.55. The van der Waals surface area contributed by atoms with Crippen LogP contribution in [0.4, 0.5) is 4.79 Å². The Hall–Kier alpha value is -1.79. The minimum atomic E-state index is -1.22. The summed E-state index contributed by atoms with van der Waals surface area (Å²) in [5.41, 5.74) is 0.711. The van der Waals surface area contributed by atoms with E-state index in [2.05, 4.69) is 0 Å². The summed E-state index contributed by atoms with van der Waals surface area (Å²) in [6, 6.07) is 5.56. The normalized spacial score (nSPS) is 18.7. The van der Waals surface area contributed by atoms with E-state index in [-0.39, 0.29) is 4.91 Å². The molecular formula is C13H10ClNO4S. The molecule has 1 N–H and O–H groups in total. The number of thioether (sulfide) groups is 1. The Balaban J connectivity index is 2.28. The van der Waals surface area contributed by atoms with Crippen LogP contribution in [0.3, 0.4) is 0 Å². The number of halogens is 1. The summed E-state index contributed by atoms with van der Waals surface area (Å²) in [4.78, 5) is 35.6. The molecule has 20 heavy (non-hydrogen) atoms. The summed E-state index contributed by atoms with van der Waals surface area (Å²) in [6.45, 7) is 1.30. The second-order valence-electron chi connectivity index (χ2n) is 4.12. The average molecular weight is 312 g/mol. The number of amides is 2. The first-order valence-electron chi connectivity index (χ1n) is 5.65. The predicted molar refractivity (Wildman–Crippen MR) is 76.4 cm³/mol. The number of carbonyl (C=O) groups is 3. The Morgan fingerprint density at radius 3 is 2.50 bits per heavy atom. The quantitative estimate of drug-likeness (QED) is 0.869. The first-order valence-corrected chi connectivity index (χ1v) is 6.85. The van der Waals surface area contributed by atoms with Gasteiger partial charge in [-0.1, -0.05) is 23.7 Å². The zero-order valence-electron chi connectivity index (χ0n) is 10.4. The van der Waals surface area contributed by atoms with Gasteiger partial charge in [-0.25, -0.2) is 4.79 Å². The van der Waals surface area contributed by atoms with E-state index in [4.69, 9.17) is 16.7 Å². The molecule has 1 fully saturated rings. The number of carboxylic acids is 1. The molecule has 104 valence electrons. The molecular weight excluding hydrogens is 302 g/mol. The van der Waals surface area contributed by atoms with Crippen molar-refractivity contribution in [2.45, 2.75) is 13.0 Å². The number of hydrogen-bond acceptors (Lipinski definition) is 4. The van der Waals surface area contributed by atoms with Gasteiger partial charge < -0.3 is 5.11 Å². The number of carboxylic acid groups (broad SMARTS) is 1. The van der Waals surface area contributed by atoms with Crippen LogP contribution in [0.1, 0.15) is 12.5 Å². The molecule has 1 aliphatic rings. The molecule has 0 unspecified atom stereocenters. The van der Waals surface area contributed by atoms with Crippen molar-refractivity contribution >= 4 is 46.6 Å². The van der Waals surface area contributed by atoms with Crippen molar-refractivity contribution in [1.29, 1.82) is 0 Å². The summed E-state index contributed by atoms with van der Waals surface area (Å²) < 4.78 is 0. The minimum absolute atomic E-state index is 0.199. The van der Waals surface area contributed by atoms with Gasteiger partial charge in [-0.15, -0.1) is 0 Å². The fourth-order valence-corrected chi connectivity index (χ4v) is 2.67. The third-order valence-corrected chi connectivity index (χ3v) is 3.87. The van der Waals surface area contributed by atoms with Gasteiger partial charge in [0.15, 0.2) is 0 Å². The molecule has 1 aliphatic heterocycles. The van der Waals surface area contributed by atoms with Gasteiger partial charge in [-0.05, 0) is 42.5 Å². The molecule has 1 aromatic carbocycles. The molecule has 1 atom stereocenters. The lowest BCUT2D eigenvalue weighted by Crippen LogP contribution is -2.41. The van der Waals surface area contributed by atoms with Gasteiger partial charge in [-0.2, -0.15) is 0 Å². The summed E-state index contributed by atoms with van der Waals surface area (Å²) >= 11 is 6.49. The zero-order chi connectivity index (χ0) is 14.9. The predicted octanol–water partition coefficient (Wildman–Crippen LogP) is 2.85. The van der Waals surface area contributed by atoms with E-state index in [1.807, 2.05) is 0 Å². The Bertz CT molecular complexity index is 611. The molecule has 1 heterocycles. The van der Waals surface area contributed by atoms with Crippen molar-refractivity contribution in [2.24, 2.45) is 0 Å². The van der Waals surface area contributed by atoms with Crippen molar-refractivity contribution in [1.82, 2.24) is 4.90 Å². The van der Waals surface area contributed by atoms with Gasteiger partial charge in [0, 0.05) is 5.02 Å². The van der Waals surface area contributed by atoms with Crippen LogP contribution in [-0.4, -0.2) is 33.2 Å². The number of nitrogens with zero attached hydrogens (tertiary/aromatic N) is 1. The first-order chi connectivity index (χ1) is 9.40. The number of benzene rings is 1. The molecule has 5 nitrogen and oxygen atoms in total. The van der Waals surface area contributed by atoms with Gasteiger partial charge in [0.2, 0.25) is 0 Å². The standard InChI is InChI=1S/C13H10ClNO4S/c1-7(12(17)18)15-11(16)10(20-13(15)19)6-8-2-4-9(14)5-3-8/h2-7H,1H3,(H,17,18)/b10-6+/t7-/m1/s1. The number of imide groups is 1. The molecule has 7 heteroatoms. The zero-order valence-corrected chi connectivity index (χ0v) is 11.9. The highest BCUT2D eigenvalue weighted by atomic mass is 35.5. The fraction of sp³-hybridized carbons (Fsp3) is 0.154. The summed E-state index contributed by atoms with van der Waals surface area (Å²) in [6.07, 6.45) is 1.54. The molecule has 0 saturated carbocycles. The van der Waals surface area contributed by atoms with Crippen LogP contribution in [-0.2, 0) is 9.59 Å². The van der Waals surface area contributed by atoms with Gasteiger partial charge >= 0.3 is 5.97 Å². The molecule has 0 bridgehead atoms.